The molecule has 25 heteroatoms. The van der Waals surface area contributed by atoms with Crippen LogP contribution in [0.3, 0.4) is 0 Å². The van der Waals surface area contributed by atoms with Crippen LogP contribution in [-0.2, 0) is 14.6 Å². The number of sulfonamides is 1. The third kappa shape index (κ3) is 8.53. The molecule has 46 heavy (non-hydrogen) atoms. The molecule has 0 amide bonds. The summed E-state index contributed by atoms with van der Waals surface area (Å²) in [5, 5.41) is -7.55. The first-order valence-corrected chi connectivity index (χ1v) is 16.2. The molecule has 0 bridgehead atoms. The van der Waals surface area contributed by atoms with Gasteiger partial charge >= 0.3 is 54.6 Å². The van der Waals surface area contributed by atoms with Crippen molar-refractivity contribution in [2.45, 2.75) is 112 Å². The zero-order chi connectivity index (χ0) is 37.1. The second-order valence-electron chi connectivity index (χ2n) is 10.0. The third-order valence-corrected chi connectivity index (χ3v) is 9.49. The number of nitrogens with zero attached hydrogens (tertiary/aromatic N) is 1. The average Bonchev–Trinajstić information content (AvgIpc) is 2.87. The normalized spacial score (nSPS) is 15.6. The number of hydrogen-bond donors (Lipinski definition) is 2. The van der Waals surface area contributed by atoms with Crippen LogP contribution in [-0.4, -0.2) is 88.7 Å². The molecule has 0 aromatic carbocycles. The van der Waals surface area contributed by atoms with Crippen LogP contribution in [0.4, 0.5) is 74.6 Å². The zero-order valence-corrected chi connectivity index (χ0v) is 25.0. The number of hydrogen-bond acceptors (Lipinski definition) is 3. The summed E-state index contributed by atoms with van der Waals surface area (Å²) >= 11 is 0. The SMILES string of the molecule is CCN(CCCCCCCCCCCP(=O)(O)O)S(=O)(=O)C(F)(F)C(F)(F)C(F)(F)C(F)(F)C(F)(F)C(F)(F)C(F)(F)C(F)(F)F. The number of halogens is 17. The van der Waals surface area contributed by atoms with Gasteiger partial charge in [0.1, 0.15) is 0 Å². The molecule has 0 aliphatic rings. The molecule has 0 aromatic rings. The van der Waals surface area contributed by atoms with Crippen LogP contribution in [0.2, 0.25) is 0 Å². The number of alkyl halides is 17. The van der Waals surface area contributed by atoms with E-state index in [2.05, 4.69) is 0 Å². The molecule has 0 aliphatic heterocycles. The first-order chi connectivity index (χ1) is 20.2. The van der Waals surface area contributed by atoms with Crippen molar-refractivity contribution >= 4 is 17.6 Å². The second-order valence-corrected chi connectivity index (χ2v) is 13.8. The Labute approximate surface area is 250 Å². The quantitative estimate of drug-likeness (QED) is 0.0698. The van der Waals surface area contributed by atoms with Crippen LogP contribution in [0.15, 0.2) is 0 Å². The van der Waals surface area contributed by atoms with Crippen LogP contribution >= 0.6 is 7.60 Å². The molecule has 0 atom stereocenters. The molecule has 0 rings (SSSR count). The molecule has 0 heterocycles. The maximum Gasteiger partial charge on any atom is 0.460 e. The largest absolute Gasteiger partial charge is 0.460 e. The second kappa shape index (κ2) is 14.8. The Morgan fingerprint density at radius 3 is 1.15 bits per heavy atom. The Morgan fingerprint density at radius 2 is 0.826 bits per heavy atom. The summed E-state index contributed by atoms with van der Waals surface area (Å²) in [6, 6.07) is 0. The average molecular weight is 761 g/mol. The fourth-order valence-electron chi connectivity index (χ4n) is 3.77. The van der Waals surface area contributed by atoms with E-state index in [9.17, 15) is 87.6 Å². The van der Waals surface area contributed by atoms with Gasteiger partial charge in [-0.05, 0) is 12.8 Å². The van der Waals surface area contributed by atoms with Gasteiger partial charge in [0.05, 0.1) is 0 Å². The minimum Gasteiger partial charge on any atom is -0.324 e. The van der Waals surface area contributed by atoms with E-state index >= 15 is 0 Å². The lowest BCUT2D eigenvalue weighted by Crippen LogP contribution is -2.75. The standard InChI is InChI=1S/C21H29F17NO5PS/c1-2-39(12-10-8-6-4-3-5-7-9-11-13-45(40,41)42)46(43,44)21(37,38)19(32,33)17(28,29)15(24,25)14(22,23)16(26,27)18(30,31)20(34,35)36/h2-13H2,1H3,(H2,40,41,42). The highest BCUT2D eigenvalue weighted by Gasteiger charge is 2.96. The molecule has 278 valence electrons. The van der Waals surface area contributed by atoms with Crippen molar-refractivity contribution in [3.8, 4) is 0 Å². The Morgan fingerprint density at radius 1 is 0.522 bits per heavy atom. The van der Waals surface area contributed by atoms with Gasteiger partial charge in [0, 0.05) is 19.3 Å². The van der Waals surface area contributed by atoms with Gasteiger partial charge in [0.2, 0.25) is 0 Å². The molecule has 0 aromatic heterocycles. The highest BCUT2D eigenvalue weighted by atomic mass is 32.2. The van der Waals surface area contributed by atoms with Crippen LogP contribution in [0, 0.1) is 0 Å². The molecule has 0 spiro atoms. The minimum absolute atomic E-state index is 0.0465. The van der Waals surface area contributed by atoms with E-state index in [1.54, 1.807) is 0 Å². The minimum atomic E-state index is -8.86. The summed E-state index contributed by atoms with van der Waals surface area (Å²) < 4.78 is 264. The molecule has 0 saturated heterocycles. The molecule has 0 aliphatic carbocycles. The van der Waals surface area contributed by atoms with E-state index < -0.39 is 88.4 Å². The molecular weight excluding hydrogens is 732 g/mol. The Kier molecular flexibility index (Phi) is 14.4. The molecule has 6 nitrogen and oxygen atoms in total. The van der Waals surface area contributed by atoms with Crippen molar-refractivity contribution in [1.29, 1.82) is 0 Å². The number of unbranched alkanes of at least 4 members (excludes halogenated alkanes) is 8. The van der Waals surface area contributed by atoms with E-state index in [-0.39, 0.29) is 25.4 Å². The van der Waals surface area contributed by atoms with Crippen molar-refractivity contribution in [1.82, 2.24) is 4.31 Å². The lowest BCUT2D eigenvalue weighted by molar-refractivity contribution is -0.458. The summed E-state index contributed by atoms with van der Waals surface area (Å²) in [6.45, 7) is -1.82. The molecular formula is C21H29F17NO5PS. The van der Waals surface area contributed by atoms with Crippen molar-refractivity contribution in [2.75, 3.05) is 19.3 Å². The van der Waals surface area contributed by atoms with Gasteiger partial charge in [-0.3, -0.25) is 4.57 Å². The summed E-state index contributed by atoms with van der Waals surface area (Å²) in [4.78, 5) is 17.4. The molecule has 0 fully saturated rings. The lowest BCUT2D eigenvalue weighted by atomic mass is 9.91. The van der Waals surface area contributed by atoms with Crippen LogP contribution in [0.25, 0.3) is 0 Å². The van der Waals surface area contributed by atoms with Gasteiger partial charge in [-0.25, -0.2) is 8.42 Å². The number of rotatable bonds is 21. The van der Waals surface area contributed by atoms with Crippen LogP contribution < -0.4 is 0 Å². The first-order valence-electron chi connectivity index (χ1n) is 12.9. The van der Waals surface area contributed by atoms with Gasteiger partial charge in [-0.2, -0.15) is 78.9 Å². The van der Waals surface area contributed by atoms with E-state index in [0.29, 0.717) is 39.0 Å². The summed E-state index contributed by atoms with van der Waals surface area (Å²) in [5.41, 5.74) is 0. The van der Waals surface area contributed by atoms with Gasteiger partial charge in [-0.15, -0.1) is 0 Å². The van der Waals surface area contributed by atoms with Gasteiger partial charge in [0.25, 0.3) is 10.0 Å². The first kappa shape index (κ1) is 44.9. The van der Waals surface area contributed by atoms with Crippen LogP contribution in [0.1, 0.15) is 64.7 Å². The fraction of sp³-hybridized carbons (Fsp3) is 1.00. The zero-order valence-electron chi connectivity index (χ0n) is 23.3. The van der Waals surface area contributed by atoms with Crippen molar-refractivity contribution in [2.24, 2.45) is 0 Å². The van der Waals surface area contributed by atoms with Crippen LogP contribution in [0.5, 0.6) is 0 Å². The highest BCUT2D eigenvalue weighted by molar-refractivity contribution is 7.90. The van der Waals surface area contributed by atoms with E-state index in [4.69, 9.17) is 9.79 Å². The molecule has 0 saturated carbocycles. The monoisotopic (exact) mass is 761 g/mol. The fourth-order valence-corrected chi connectivity index (χ4v) is 5.89. The topological polar surface area (TPSA) is 94.9 Å². The van der Waals surface area contributed by atoms with E-state index in [1.807, 2.05) is 0 Å². The maximum atomic E-state index is 14.4. The molecule has 0 unspecified atom stereocenters. The van der Waals surface area contributed by atoms with Crippen molar-refractivity contribution in [3.63, 3.8) is 0 Å². The third-order valence-electron chi connectivity index (χ3n) is 6.57. The Bertz CT molecular complexity index is 1140. The predicted molar refractivity (Wildman–Crippen MR) is 125 cm³/mol. The van der Waals surface area contributed by atoms with Crippen molar-refractivity contribution in [3.05, 3.63) is 0 Å². The van der Waals surface area contributed by atoms with E-state index in [1.165, 1.54) is 0 Å². The predicted octanol–water partition coefficient (Wildman–Crippen LogP) is 8.29. The lowest BCUT2D eigenvalue weighted by Gasteiger charge is -2.43. The van der Waals surface area contributed by atoms with Crippen molar-refractivity contribution < 1.29 is 97.4 Å². The summed E-state index contributed by atoms with van der Waals surface area (Å²) in [6.07, 6.45) is -5.76. The molecule has 0 radical (unpaired) electrons. The maximum absolute atomic E-state index is 14.4. The Balaban J connectivity index is 5.80. The molecule has 2 N–H and O–H groups in total. The Hall–Kier alpha value is -1.13. The summed E-state index contributed by atoms with van der Waals surface area (Å²) in [5.74, 6) is -51.7. The van der Waals surface area contributed by atoms with Gasteiger partial charge in [0.15, 0.2) is 0 Å². The smallest absolute Gasteiger partial charge is 0.324 e. The van der Waals surface area contributed by atoms with Gasteiger partial charge in [-0.1, -0.05) is 51.9 Å². The highest BCUT2D eigenvalue weighted by Crippen LogP contribution is 2.64. The van der Waals surface area contributed by atoms with E-state index in [0.717, 1.165) is 0 Å². The summed E-state index contributed by atoms with van der Waals surface area (Å²) in [7, 11) is -11.4. The van der Waals surface area contributed by atoms with Gasteiger partial charge < -0.3 is 9.79 Å².